The van der Waals surface area contributed by atoms with Gasteiger partial charge < -0.3 is 14.5 Å². The number of fused-ring (bicyclic) bond motifs is 2. The molecule has 136 valence electrons. The van der Waals surface area contributed by atoms with Crippen molar-refractivity contribution in [3.63, 3.8) is 0 Å². The molecule has 1 atom stereocenters. The number of carbonyl (C=O) groups is 1. The Morgan fingerprint density at radius 1 is 1.24 bits per heavy atom. The summed E-state index contributed by atoms with van der Waals surface area (Å²) in [5.74, 6) is 1.53. The van der Waals surface area contributed by atoms with Crippen LogP contribution in [0.25, 0.3) is 0 Å². The number of rotatable bonds is 4. The van der Waals surface area contributed by atoms with Gasteiger partial charge in [0.15, 0.2) is 0 Å². The number of amides is 1. The van der Waals surface area contributed by atoms with E-state index in [1.165, 1.54) is 5.56 Å². The fourth-order valence-electron chi connectivity index (χ4n) is 4.88. The average Bonchev–Trinajstić information content (AvgIpc) is 3.13. The van der Waals surface area contributed by atoms with Gasteiger partial charge in [-0.2, -0.15) is 0 Å². The third-order valence-corrected chi connectivity index (χ3v) is 6.12. The molecule has 4 nitrogen and oxygen atoms in total. The lowest BCUT2D eigenvalue weighted by atomic mass is 9.81. The molecule has 2 saturated heterocycles. The van der Waals surface area contributed by atoms with Crippen molar-refractivity contribution in [3.8, 4) is 0 Å². The maximum atomic E-state index is 13.4. The van der Waals surface area contributed by atoms with Crippen LogP contribution in [0.1, 0.15) is 38.7 Å². The van der Waals surface area contributed by atoms with Gasteiger partial charge in [0.2, 0.25) is 5.91 Å². The normalized spacial score (nSPS) is 27.6. The molecule has 0 aliphatic carbocycles. The van der Waals surface area contributed by atoms with E-state index in [0.29, 0.717) is 11.8 Å². The van der Waals surface area contributed by atoms with Crippen molar-refractivity contribution in [1.82, 2.24) is 4.90 Å². The molecule has 1 aromatic rings. The maximum Gasteiger partial charge on any atom is 0.239 e. The van der Waals surface area contributed by atoms with Gasteiger partial charge in [0.05, 0.1) is 5.41 Å². The zero-order chi connectivity index (χ0) is 17.4. The first-order valence-electron chi connectivity index (χ1n) is 9.82. The highest BCUT2D eigenvalue weighted by Crippen LogP contribution is 2.47. The number of anilines is 1. The second-order valence-electron chi connectivity index (χ2n) is 8.45. The summed E-state index contributed by atoms with van der Waals surface area (Å²) < 4.78 is 5.49. The quantitative estimate of drug-likeness (QED) is 0.843. The zero-order valence-corrected chi connectivity index (χ0v) is 15.5. The van der Waals surface area contributed by atoms with Gasteiger partial charge in [-0.3, -0.25) is 4.79 Å². The number of hydrogen-bond donors (Lipinski definition) is 0. The molecule has 1 spiro atoms. The van der Waals surface area contributed by atoms with Crippen molar-refractivity contribution in [2.24, 2.45) is 11.8 Å². The van der Waals surface area contributed by atoms with Crippen LogP contribution in [-0.4, -0.2) is 50.2 Å². The summed E-state index contributed by atoms with van der Waals surface area (Å²) in [5, 5.41) is 0. The number of para-hydroxylation sites is 1. The molecule has 0 N–H and O–H groups in total. The monoisotopic (exact) mass is 342 g/mol. The van der Waals surface area contributed by atoms with Crippen LogP contribution in [0.5, 0.6) is 0 Å². The molecule has 1 amide bonds. The summed E-state index contributed by atoms with van der Waals surface area (Å²) in [6.45, 7) is 10.0. The Bertz CT molecular complexity index is 639. The Balaban J connectivity index is 1.56. The summed E-state index contributed by atoms with van der Waals surface area (Å²) in [5.41, 5.74) is 2.10. The number of likely N-dealkylation sites (tertiary alicyclic amines) is 1. The molecule has 3 aliphatic heterocycles. The van der Waals surface area contributed by atoms with E-state index in [9.17, 15) is 4.79 Å². The predicted molar refractivity (Wildman–Crippen MR) is 99.9 cm³/mol. The van der Waals surface area contributed by atoms with E-state index in [-0.39, 0.29) is 5.41 Å². The van der Waals surface area contributed by atoms with Crippen LogP contribution >= 0.6 is 0 Å². The van der Waals surface area contributed by atoms with E-state index in [1.807, 2.05) is 0 Å². The topological polar surface area (TPSA) is 32.8 Å². The SMILES string of the molecule is CC(C)CN1C(=O)C2(CCN(CC3CCOCC3)C2)c2ccccc21. The molecule has 0 bridgehead atoms. The Labute approximate surface area is 151 Å². The molecule has 4 rings (SSSR count). The Hall–Kier alpha value is -1.39. The second-order valence-corrected chi connectivity index (χ2v) is 8.45. The molecule has 3 aliphatic rings. The number of ether oxygens (including phenoxy) is 1. The molecule has 1 unspecified atom stereocenters. The van der Waals surface area contributed by atoms with Crippen molar-refractivity contribution < 1.29 is 9.53 Å². The number of hydrogen-bond acceptors (Lipinski definition) is 3. The first-order chi connectivity index (χ1) is 12.1. The second kappa shape index (κ2) is 6.73. The summed E-state index contributed by atoms with van der Waals surface area (Å²) in [6, 6.07) is 8.47. The van der Waals surface area contributed by atoms with Crippen molar-refractivity contribution in [2.45, 2.75) is 38.5 Å². The Morgan fingerprint density at radius 2 is 2.00 bits per heavy atom. The van der Waals surface area contributed by atoms with E-state index in [0.717, 1.165) is 70.3 Å². The van der Waals surface area contributed by atoms with Crippen LogP contribution in [-0.2, 0) is 14.9 Å². The molecule has 4 heteroatoms. The largest absolute Gasteiger partial charge is 0.381 e. The van der Waals surface area contributed by atoms with Gasteiger partial charge in [0.25, 0.3) is 0 Å². The van der Waals surface area contributed by atoms with Crippen molar-refractivity contribution in [2.75, 3.05) is 44.3 Å². The molecule has 0 saturated carbocycles. The van der Waals surface area contributed by atoms with Gasteiger partial charge in [0.1, 0.15) is 0 Å². The van der Waals surface area contributed by atoms with Crippen LogP contribution in [0.15, 0.2) is 24.3 Å². The van der Waals surface area contributed by atoms with Crippen LogP contribution in [0, 0.1) is 11.8 Å². The summed E-state index contributed by atoms with van der Waals surface area (Å²) in [7, 11) is 0. The van der Waals surface area contributed by atoms with Gasteiger partial charge in [-0.25, -0.2) is 0 Å². The maximum absolute atomic E-state index is 13.4. The number of benzene rings is 1. The fourth-order valence-corrected chi connectivity index (χ4v) is 4.88. The minimum Gasteiger partial charge on any atom is -0.381 e. The minimum atomic E-state index is -0.309. The lowest BCUT2D eigenvalue weighted by Crippen LogP contribution is -2.44. The smallest absolute Gasteiger partial charge is 0.239 e. The first kappa shape index (κ1) is 17.0. The van der Waals surface area contributed by atoms with Gasteiger partial charge in [-0.05, 0) is 49.3 Å². The lowest BCUT2D eigenvalue weighted by molar-refractivity contribution is -0.123. The molecule has 3 heterocycles. The first-order valence-corrected chi connectivity index (χ1v) is 9.82. The molecular formula is C21H30N2O2. The molecule has 2 fully saturated rings. The third-order valence-electron chi connectivity index (χ3n) is 6.12. The fraction of sp³-hybridized carbons (Fsp3) is 0.667. The van der Waals surface area contributed by atoms with Gasteiger partial charge >= 0.3 is 0 Å². The summed E-state index contributed by atoms with van der Waals surface area (Å²) in [4.78, 5) is 18.0. The van der Waals surface area contributed by atoms with Crippen LogP contribution in [0.4, 0.5) is 5.69 Å². The average molecular weight is 342 g/mol. The van der Waals surface area contributed by atoms with E-state index >= 15 is 0 Å². The van der Waals surface area contributed by atoms with E-state index in [4.69, 9.17) is 4.74 Å². The molecule has 0 aromatic heterocycles. The van der Waals surface area contributed by atoms with Crippen molar-refractivity contribution in [3.05, 3.63) is 29.8 Å². The minimum absolute atomic E-state index is 0.309. The highest BCUT2D eigenvalue weighted by molar-refractivity contribution is 6.08. The molecule has 25 heavy (non-hydrogen) atoms. The summed E-state index contributed by atoms with van der Waals surface area (Å²) in [6.07, 6.45) is 3.28. The van der Waals surface area contributed by atoms with E-state index in [1.54, 1.807) is 0 Å². The standard InChI is InChI=1S/C21H30N2O2/c1-16(2)13-23-19-6-4-3-5-18(19)21(20(23)24)9-10-22(15-21)14-17-7-11-25-12-8-17/h3-6,16-17H,7-15H2,1-2H3. The highest BCUT2D eigenvalue weighted by atomic mass is 16.5. The lowest BCUT2D eigenvalue weighted by Gasteiger charge is -2.29. The van der Waals surface area contributed by atoms with Crippen molar-refractivity contribution >= 4 is 11.6 Å². The molecule has 1 aromatic carbocycles. The Kier molecular flexibility index (Phi) is 4.59. The third kappa shape index (κ3) is 3.00. The number of carbonyl (C=O) groups excluding carboxylic acids is 1. The Morgan fingerprint density at radius 3 is 2.76 bits per heavy atom. The number of nitrogens with zero attached hydrogens (tertiary/aromatic N) is 2. The van der Waals surface area contributed by atoms with Crippen LogP contribution < -0.4 is 4.90 Å². The van der Waals surface area contributed by atoms with E-state index in [2.05, 4.69) is 47.9 Å². The van der Waals surface area contributed by atoms with Crippen LogP contribution in [0.3, 0.4) is 0 Å². The predicted octanol–water partition coefficient (Wildman–Crippen LogP) is 3.06. The van der Waals surface area contributed by atoms with Gasteiger partial charge in [0, 0.05) is 38.5 Å². The highest BCUT2D eigenvalue weighted by Gasteiger charge is 2.54. The molecule has 0 radical (unpaired) electrons. The van der Waals surface area contributed by atoms with Crippen LogP contribution in [0.2, 0.25) is 0 Å². The van der Waals surface area contributed by atoms with Gasteiger partial charge in [-0.15, -0.1) is 0 Å². The van der Waals surface area contributed by atoms with Gasteiger partial charge in [-0.1, -0.05) is 32.0 Å². The summed E-state index contributed by atoms with van der Waals surface area (Å²) >= 11 is 0. The van der Waals surface area contributed by atoms with E-state index < -0.39 is 0 Å². The zero-order valence-electron chi connectivity index (χ0n) is 15.5. The molecular weight excluding hydrogens is 312 g/mol. The van der Waals surface area contributed by atoms with Crippen molar-refractivity contribution in [1.29, 1.82) is 0 Å².